The molecule has 1 unspecified atom stereocenters. The maximum atomic E-state index is 13.4. The molecule has 6 heteroatoms. The van der Waals surface area contributed by atoms with Crippen molar-refractivity contribution in [3.63, 3.8) is 0 Å². The van der Waals surface area contributed by atoms with E-state index in [-0.39, 0.29) is 11.8 Å². The van der Waals surface area contributed by atoms with Gasteiger partial charge in [-0.05, 0) is 68.6 Å². The minimum Gasteiger partial charge on any atom is -0.381 e. The van der Waals surface area contributed by atoms with E-state index >= 15 is 0 Å². The SMILES string of the molecule is CCN(C(=O)C(C)C1CCOCC1)c1ccc2cc(-c3n[nH]c4c3CCC(C)(C)C4)[nH]c2c1. The molecular formula is C27H36N4O2. The number of aromatic amines is 2. The molecule has 1 aliphatic heterocycles. The molecule has 33 heavy (non-hydrogen) atoms. The van der Waals surface area contributed by atoms with Gasteiger partial charge in [-0.3, -0.25) is 9.89 Å². The number of carbonyl (C=O) groups is 1. The molecule has 1 atom stereocenters. The van der Waals surface area contributed by atoms with Crippen LogP contribution in [0.15, 0.2) is 24.3 Å². The summed E-state index contributed by atoms with van der Waals surface area (Å²) in [5, 5.41) is 9.11. The molecule has 1 aromatic carbocycles. The second kappa shape index (κ2) is 8.64. The minimum absolute atomic E-state index is 0.00331. The molecule has 2 N–H and O–H groups in total. The zero-order valence-corrected chi connectivity index (χ0v) is 20.3. The van der Waals surface area contributed by atoms with E-state index < -0.39 is 0 Å². The van der Waals surface area contributed by atoms with Crippen LogP contribution in [0.1, 0.15) is 58.2 Å². The molecule has 176 valence electrons. The van der Waals surface area contributed by atoms with Crippen molar-refractivity contribution in [2.24, 2.45) is 17.3 Å². The van der Waals surface area contributed by atoms with Crippen LogP contribution in [0.3, 0.4) is 0 Å². The standard InChI is InChI=1S/C27H36N4O2/c1-5-31(26(32)17(2)18-9-12-33-13-10-18)20-7-6-19-14-23(28-22(19)15-20)25-21-8-11-27(3,4)16-24(21)29-30-25/h6-7,14-15,17-18,28H,5,8-13,16H2,1-4H3,(H,29,30). The summed E-state index contributed by atoms with van der Waals surface area (Å²) in [4.78, 5) is 18.9. The average Bonchev–Trinajstić information content (AvgIpc) is 3.41. The topological polar surface area (TPSA) is 74.0 Å². The third-order valence-corrected chi connectivity index (χ3v) is 7.78. The Morgan fingerprint density at radius 3 is 2.82 bits per heavy atom. The molecule has 0 spiro atoms. The molecule has 2 aliphatic rings. The van der Waals surface area contributed by atoms with Crippen molar-refractivity contribution < 1.29 is 9.53 Å². The first-order valence-corrected chi connectivity index (χ1v) is 12.4. The second-order valence-corrected chi connectivity index (χ2v) is 10.6. The molecule has 5 rings (SSSR count). The maximum absolute atomic E-state index is 13.4. The van der Waals surface area contributed by atoms with Crippen molar-refractivity contribution in [1.82, 2.24) is 15.2 Å². The van der Waals surface area contributed by atoms with Crippen molar-refractivity contribution in [2.45, 2.75) is 59.8 Å². The molecule has 1 fully saturated rings. The highest BCUT2D eigenvalue weighted by Gasteiger charge is 2.31. The summed E-state index contributed by atoms with van der Waals surface area (Å²) >= 11 is 0. The van der Waals surface area contributed by atoms with Gasteiger partial charge < -0.3 is 14.6 Å². The smallest absolute Gasteiger partial charge is 0.230 e. The van der Waals surface area contributed by atoms with Gasteiger partial charge in [-0.1, -0.05) is 26.8 Å². The zero-order chi connectivity index (χ0) is 23.2. The number of rotatable bonds is 5. The number of hydrogen-bond donors (Lipinski definition) is 2. The number of hydrogen-bond acceptors (Lipinski definition) is 3. The largest absolute Gasteiger partial charge is 0.381 e. The van der Waals surface area contributed by atoms with E-state index in [1.165, 1.54) is 17.7 Å². The normalized spacial score (nSPS) is 19.4. The van der Waals surface area contributed by atoms with Gasteiger partial charge in [-0.25, -0.2) is 0 Å². The fraction of sp³-hybridized carbons (Fsp3) is 0.556. The number of aromatic nitrogens is 3. The quantitative estimate of drug-likeness (QED) is 0.542. The van der Waals surface area contributed by atoms with Gasteiger partial charge in [0.15, 0.2) is 0 Å². The molecule has 0 saturated carbocycles. The molecule has 1 saturated heterocycles. The fourth-order valence-electron chi connectivity index (χ4n) is 5.61. The Labute approximate surface area is 196 Å². The van der Waals surface area contributed by atoms with Gasteiger partial charge in [0.05, 0.1) is 5.69 Å². The number of nitrogens with zero attached hydrogens (tertiary/aromatic N) is 2. The molecule has 6 nitrogen and oxygen atoms in total. The highest BCUT2D eigenvalue weighted by Crippen LogP contribution is 2.38. The van der Waals surface area contributed by atoms with Crippen LogP contribution >= 0.6 is 0 Å². The average molecular weight is 449 g/mol. The first kappa shape index (κ1) is 22.2. The van der Waals surface area contributed by atoms with E-state index in [0.29, 0.717) is 17.9 Å². The first-order valence-electron chi connectivity index (χ1n) is 12.4. The summed E-state index contributed by atoms with van der Waals surface area (Å²) in [5.41, 5.74) is 7.01. The number of carbonyl (C=O) groups excluding carboxylic acids is 1. The monoisotopic (exact) mass is 448 g/mol. The summed E-state index contributed by atoms with van der Waals surface area (Å²) < 4.78 is 5.49. The van der Waals surface area contributed by atoms with E-state index in [2.05, 4.69) is 67.1 Å². The summed E-state index contributed by atoms with van der Waals surface area (Å²) in [6.45, 7) is 11.0. The number of nitrogens with one attached hydrogen (secondary N) is 2. The molecule has 1 amide bonds. The Hall–Kier alpha value is -2.60. The lowest BCUT2D eigenvalue weighted by Gasteiger charge is -2.31. The number of H-pyrrole nitrogens is 2. The summed E-state index contributed by atoms with van der Waals surface area (Å²) in [6.07, 6.45) is 5.20. The Balaban J connectivity index is 1.41. The summed E-state index contributed by atoms with van der Waals surface area (Å²) in [7, 11) is 0. The molecule has 0 bridgehead atoms. The number of benzene rings is 1. The number of fused-ring (bicyclic) bond motifs is 2. The summed E-state index contributed by atoms with van der Waals surface area (Å²) in [5.74, 6) is 0.611. The van der Waals surface area contributed by atoms with Gasteiger partial charge in [-0.2, -0.15) is 5.10 Å². The minimum atomic E-state index is 0.00331. The molecule has 2 aromatic heterocycles. The van der Waals surface area contributed by atoms with E-state index in [9.17, 15) is 4.79 Å². The number of anilines is 1. The van der Waals surface area contributed by atoms with E-state index in [1.807, 2.05) is 4.90 Å². The number of ether oxygens (including phenoxy) is 1. The van der Waals surface area contributed by atoms with E-state index in [1.54, 1.807) is 0 Å². The Morgan fingerprint density at radius 1 is 1.27 bits per heavy atom. The second-order valence-electron chi connectivity index (χ2n) is 10.6. The predicted molar refractivity (Wildman–Crippen MR) is 132 cm³/mol. The van der Waals surface area contributed by atoms with Crippen LogP contribution < -0.4 is 4.90 Å². The first-order chi connectivity index (χ1) is 15.9. The van der Waals surface area contributed by atoms with Crippen LogP contribution in [0.5, 0.6) is 0 Å². The van der Waals surface area contributed by atoms with Crippen molar-refractivity contribution in [3.8, 4) is 11.4 Å². The van der Waals surface area contributed by atoms with Crippen LogP contribution in [-0.4, -0.2) is 40.8 Å². The Morgan fingerprint density at radius 2 is 2.06 bits per heavy atom. The van der Waals surface area contributed by atoms with Gasteiger partial charge >= 0.3 is 0 Å². The molecular weight excluding hydrogens is 412 g/mol. The van der Waals surface area contributed by atoms with Crippen LogP contribution in [0.25, 0.3) is 22.3 Å². The van der Waals surface area contributed by atoms with E-state index in [0.717, 1.165) is 66.9 Å². The van der Waals surface area contributed by atoms with Crippen LogP contribution in [0.4, 0.5) is 5.69 Å². The molecule has 0 radical (unpaired) electrons. The van der Waals surface area contributed by atoms with Crippen LogP contribution in [-0.2, 0) is 22.4 Å². The van der Waals surface area contributed by atoms with E-state index in [4.69, 9.17) is 4.74 Å². The molecule has 3 aromatic rings. The van der Waals surface area contributed by atoms with Crippen molar-refractivity contribution in [1.29, 1.82) is 0 Å². The van der Waals surface area contributed by atoms with Gasteiger partial charge in [-0.15, -0.1) is 0 Å². The Kier molecular flexibility index (Phi) is 5.81. The zero-order valence-electron chi connectivity index (χ0n) is 20.3. The van der Waals surface area contributed by atoms with Gasteiger partial charge in [0.1, 0.15) is 5.69 Å². The van der Waals surface area contributed by atoms with Crippen molar-refractivity contribution in [3.05, 3.63) is 35.5 Å². The fourth-order valence-corrected chi connectivity index (χ4v) is 5.61. The van der Waals surface area contributed by atoms with Crippen molar-refractivity contribution >= 4 is 22.5 Å². The lowest BCUT2D eigenvalue weighted by atomic mass is 9.76. The van der Waals surface area contributed by atoms with Crippen LogP contribution in [0.2, 0.25) is 0 Å². The van der Waals surface area contributed by atoms with Crippen molar-refractivity contribution in [2.75, 3.05) is 24.7 Å². The number of amides is 1. The van der Waals surface area contributed by atoms with Gasteiger partial charge in [0.25, 0.3) is 0 Å². The van der Waals surface area contributed by atoms with Crippen LogP contribution in [0, 0.1) is 17.3 Å². The van der Waals surface area contributed by atoms with Gasteiger partial charge in [0, 0.05) is 53.5 Å². The molecule has 3 heterocycles. The van der Waals surface area contributed by atoms with Gasteiger partial charge in [0.2, 0.25) is 5.91 Å². The third-order valence-electron chi connectivity index (χ3n) is 7.78. The lowest BCUT2D eigenvalue weighted by Crippen LogP contribution is -2.39. The summed E-state index contributed by atoms with van der Waals surface area (Å²) in [6, 6.07) is 8.47. The maximum Gasteiger partial charge on any atom is 0.230 e. The molecule has 1 aliphatic carbocycles. The highest BCUT2D eigenvalue weighted by molar-refractivity contribution is 5.97. The predicted octanol–water partition coefficient (Wildman–Crippen LogP) is 5.49. The highest BCUT2D eigenvalue weighted by atomic mass is 16.5. The lowest BCUT2D eigenvalue weighted by molar-refractivity contribution is -0.124. The Bertz CT molecular complexity index is 1150. The third kappa shape index (κ3) is 4.21.